The number of nitrogens with zero attached hydrogens (tertiary/aromatic N) is 1. The van der Waals surface area contributed by atoms with E-state index in [0.717, 1.165) is 27.6 Å². The van der Waals surface area contributed by atoms with Crippen molar-refractivity contribution in [2.75, 3.05) is 0 Å². The van der Waals surface area contributed by atoms with Crippen molar-refractivity contribution in [1.29, 1.82) is 0 Å². The van der Waals surface area contributed by atoms with Crippen LogP contribution >= 0.6 is 0 Å². The highest BCUT2D eigenvalue weighted by atomic mass is 16.3. The summed E-state index contributed by atoms with van der Waals surface area (Å²) >= 11 is 0. The quantitative estimate of drug-likeness (QED) is 0.220. The molecule has 0 fully saturated rings. The Kier molecular flexibility index (Phi) is 3.89. The molecule has 6 aromatic carbocycles. The van der Waals surface area contributed by atoms with Crippen LogP contribution < -0.4 is 0 Å². The number of benzene rings is 6. The third-order valence-corrected chi connectivity index (χ3v) is 8.94. The van der Waals surface area contributed by atoms with Gasteiger partial charge in [-0.2, -0.15) is 0 Å². The molecule has 1 aliphatic rings. The van der Waals surface area contributed by atoms with Gasteiger partial charge in [-0.1, -0.05) is 98.8 Å². The van der Waals surface area contributed by atoms with Crippen molar-refractivity contribution in [3.05, 3.63) is 126 Å². The largest absolute Gasteiger partial charge is 0.456 e. The molecule has 0 amide bonds. The van der Waals surface area contributed by atoms with Crippen molar-refractivity contribution in [2.24, 2.45) is 0 Å². The third-order valence-electron chi connectivity index (χ3n) is 8.94. The maximum absolute atomic E-state index is 6.20. The Morgan fingerprint density at radius 3 is 2.13 bits per heavy atom. The topological polar surface area (TPSA) is 18.1 Å². The first-order valence-corrected chi connectivity index (χ1v) is 13.6. The maximum atomic E-state index is 6.20. The molecule has 2 nitrogen and oxygen atoms in total. The molecule has 0 aliphatic heterocycles. The SMILES string of the molecule is CC1(C)c2ccccc2-c2c1c1c(c3ccccc23)c2ccccc2n1-c1ccc2oc3ccccc3c2c1. The monoisotopic (exact) mass is 499 g/mol. The Balaban J connectivity index is 1.53. The highest BCUT2D eigenvalue weighted by Gasteiger charge is 2.40. The van der Waals surface area contributed by atoms with Crippen LogP contribution in [0.2, 0.25) is 0 Å². The predicted octanol–water partition coefficient (Wildman–Crippen LogP) is 10.1. The summed E-state index contributed by atoms with van der Waals surface area (Å²) in [6, 6.07) is 41.8. The van der Waals surface area contributed by atoms with Crippen LogP contribution in [0, 0.1) is 0 Å². The van der Waals surface area contributed by atoms with Gasteiger partial charge in [0.15, 0.2) is 0 Å². The number of hydrogen-bond acceptors (Lipinski definition) is 1. The van der Waals surface area contributed by atoms with Gasteiger partial charge < -0.3 is 8.98 Å². The second kappa shape index (κ2) is 7.18. The molecule has 0 spiro atoms. The molecule has 184 valence electrons. The Morgan fingerprint density at radius 1 is 0.590 bits per heavy atom. The van der Waals surface area contributed by atoms with Crippen molar-refractivity contribution in [2.45, 2.75) is 19.3 Å². The zero-order chi connectivity index (χ0) is 25.9. The average Bonchev–Trinajstić information content (AvgIpc) is 3.59. The highest BCUT2D eigenvalue weighted by molar-refractivity contribution is 6.27. The summed E-state index contributed by atoms with van der Waals surface area (Å²) in [4.78, 5) is 0. The summed E-state index contributed by atoms with van der Waals surface area (Å²) < 4.78 is 8.70. The number of aromatic nitrogens is 1. The van der Waals surface area contributed by atoms with Crippen molar-refractivity contribution in [3.8, 4) is 16.8 Å². The van der Waals surface area contributed by atoms with E-state index < -0.39 is 0 Å². The maximum Gasteiger partial charge on any atom is 0.135 e. The Hall–Kier alpha value is -4.82. The lowest BCUT2D eigenvalue weighted by molar-refractivity contribution is 0.664. The van der Waals surface area contributed by atoms with E-state index in [-0.39, 0.29) is 5.41 Å². The minimum absolute atomic E-state index is 0.146. The van der Waals surface area contributed by atoms with Crippen LogP contribution in [0.4, 0.5) is 0 Å². The van der Waals surface area contributed by atoms with Crippen LogP contribution in [0.25, 0.3) is 71.3 Å². The lowest BCUT2D eigenvalue weighted by Crippen LogP contribution is -2.16. The van der Waals surface area contributed by atoms with Gasteiger partial charge >= 0.3 is 0 Å². The molecule has 0 bridgehead atoms. The summed E-state index contributed by atoms with van der Waals surface area (Å²) in [5, 5.41) is 7.56. The zero-order valence-electron chi connectivity index (χ0n) is 21.8. The fourth-order valence-corrected chi connectivity index (χ4v) is 7.31. The second-order valence-corrected chi connectivity index (χ2v) is 11.3. The fraction of sp³-hybridized carbons (Fsp3) is 0.0811. The standard InChI is InChI=1S/C37H25NO/c1-37(2)29-16-8-5-14-26(29)33-24-12-3-4-13-25(24)34-27-15-6-9-17-30(27)38(36(34)35(33)37)22-19-20-32-28(21-22)23-11-7-10-18-31(23)39-32/h3-21H,1-2H3. The van der Waals surface area contributed by atoms with E-state index in [9.17, 15) is 0 Å². The van der Waals surface area contributed by atoms with E-state index in [1.54, 1.807) is 0 Å². The smallest absolute Gasteiger partial charge is 0.135 e. The van der Waals surface area contributed by atoms with E-state index in [1.807, 2.05) is 12.1 Å². The van der Waals surface area contributed by atoms with Gasteiger partial charge in [-0.3, -0.25) is 0 Å². The summed E-state index contributed by atoms with van der Waals surface area (Å²) in [5.41, 5.74) is 10.9. The number of fused-ring (bicyclic) bond motifs is 13. The molecule has 0 unspecified atom stereocenters. The first-order chi connectivity index (χ1) is 19.1. The molecular formula is C37H25NO. The van der Waals surface area contributed by atoms with E-state index in [1.165, 1.54) is 54.8 Å². The fourth-order valence-electron chi connectivity index (χ4n) is 7.31. The lowest BCUT2D eigenvalue weighted by atomic mass is 9.80. The molecule has 2 heteroatoms. The Bertz CT molecular complexity index is 2310. The minimum Gasteiger partial charge on any atom is -0.456 e. The highest BCUT2D eigenvalue weighted by Crippen LogP contribution is 2.56. The van der Waals surface area contributed by atoms with E-state index >= 15 is 0 Å². The molecular weight excluding hydrogens is 474 g/mol. The normalized spacial score (nSPS) is 14.1. The number of para-hydroxylation sites is 2. The summed E-state index contributed by atoms with van der Waals surface area (Å²) in [5.74, 6) is 0. The summed E-state index contributed by atoms with van der Waals surface area (Å²) in [6.07, 6.45) is 0. The van der Waals surface area contributed by atoms with Crippen LogP contribution in [-0.2, 0) is 5.41 Å². The molecule has 0 saturated heterocycles. The number of furan rings is 1. The van der Waals surface area contributed by atoms with Gasteiger partial charge in [0.2, 0.25) is 0 Å². The minimum atomic E-state index is -0.146. The molecule has 0 N–H and O–H groups in total. The molecule has 0 saturated carbocycles. The lowest BCUT2D eigenvalue weighted by Gasteiger charge is -2.24. The van der Waals surface area contributed by atoms with Gasteiger partial charge in [0.1, 0.15) is 11.2 Å². The second-order valence-electron chi connectivity index (χ2n) is 11.3. The zero-order valence-corrected chi connectivity index (χ0v) is 21.8. The van der Waals surface area contributed by atoms with E-state index in [0.29, 0.717) is 0 Å². The van der Waals surface area contributed by atoms with Crippen molar-refractivity contribution < 1.29 is 4.42 Å². The van der Waals surface area contributed by atoms with Crippen LogP contribution in [0.5, 0.6) is 0 Å². The van der Waals surface area contributed by atoms with Crippen LogP contribution in [0.1, 0.15) is 25.0 Å². The van der Waals surface area contributed by atoms with Crippen LogP contribution in [0.15, 0.2) is 120 Å². The third kappa shape index (κ3) is 2.56. The summed E-state index contributed by atoms with van der Waals surface area (Å²) in [6.45, 7) is 4.78. The average molecular weight is 500 g/mol. The molecule has 8 aromatic rings. The van der Waals surface area contributed by atoms with Crippen molar-refractivity contribution in [1.82, 2.24) is 4.57 Å². The molecule has 9 rings (SSSR count). The van der Waals surface area contributed by atoms with Crippen molar-refractivity contribution >= 4 is 54.5 Å². The van der Waals surface area contributed by atoms with Crippen LogP contribution in [0.3, 0.4) is 0 Å². The van der Waals surface area contributed by atoms with Crippen LogP contribution in [-0.4, -0.2) is 4.57 Å². The molecule has 39 heavy (non-hydrogen) atoms. The first-order valence-electron chi connectivity index (χ1n) is 13.6. The van der Waals surface area contributed by atoms with Gasteiger partial charge in [-0.15, -0.1) is 0 Å². The predicted molar refractivity (Wildman–Crippen MR) is 163 cm³/mol. The summed E-state index contributed by atoms with van der Waals surface area (Å²) in [7, 11) is 0. The Labute approximate surface area is 225 Å². The van der Waals surface area contributed by atoms with E-state index in [2.05, 4.69) is 122 Å². The number of hydrogen-bond donors (Lipinski definition) is 0. The van der Waals surface area contributed by atoms with Gasteiger partial charge in [0.25, 0.3) is 0 Å². The van der Waals surface area contributed by atoms with Gasteiger partial charge in [0.05, 0.1) is 11.0 Å². The van der Waals surface area contributed by atoms with Gasteiger partial charge in [-0.05, 0) is 63.4 Å². The first kappa shape index (κ1) is 21.2. The molecule has 2 heterocycles. The van der Waals surface area contributed by atoms with Gasteiger partial charge in [-0.25, -0.2) is 0 Å². The molecule has 2 aromatic heterocycles. The molecule has 0 radical (unpaired) electrons. The molecule has 0 atom stereocenters. The van der Waals surface area contributed by atoms with E-state index in [4.69, 9.17) is 4.42 Å². The van der Waals surface area contributed by atoms with Gasteiger partial charge in [0, 0.05) is 32.6 Å². The van der Waals surface area contributed by atoms with Crippen molar-refractivity contribution in [3.63, 3.8) is 0 Å². The number of rotatable bonds is 1. The molecule has 1 aliphatic carbocycles. The Morgan fingerprint density at radius 2 is 1.26 bits per heavy atom.